The molecule has 0 unspecified atom stereocenters. The predicted molar refractivity (Wildman–Crippen MR) is 124 cm³/mol. The Morgan fingerprint density at radius 1 is 1.00 bits per heavy atom. The third kappa shape index (κ3) is 4.67. The molecule has 0 atom stereocenters. The number of rotatable bonds is 5. The number of carbonyl (C=O) groups excluding carboxylic acids is 2. The Bertz CT molecular complexity index is 1100. The number of halogens is 1. The molecule has 2 heterocycles. The number of likely N-dealkylation sites (tertiary alicyclic amines) is 1. The quantitative estimate of drug-likeness (QED) is 0.543. The highest BCUT2D eigenvalue weighted by Crippen LogP contribution is 2.22. The van der Waals surface area contributed by atoms with Gasteiger partial charge in [0, 0.05) is 48.5 Å². The van der Waals surface area contributed by atoms with E-state index in [0.717, 1.165) is 48.4 Å². The van der Waals surface area contributed by atoms with Crippen LogP contribution in [-0.4, -0.2) is 34.4 Å². The number of nitrogens with zero attached hydrogens (tertiary/aromatic N) is 2. The largest absolute Gasteiger partial charge is 0.344 e. The first-order valence-electron chi connectivity index (χ1n) is 10.5. The molecule has 160 valence electrons. The zero-order valence-electron chi connectivity index (χ0n) is 17.8. The number of hydrogen-bond acceptors (Lipinski definition) is 2. The molecule has 0 radical (unpaired) electrons. The van der Waals surface area contributed by atoms with Crippen LogP contribution in [0.25, 0.3) is 0 Å². The second kappa shape index (κ2) is 8.98. The summed E-state index contributed by atoms with van der Waals surface area (Å²) in [5, 5.41) is 3.58. The number of amides is 2. The summed E-state index contributed by atoms with van der Waals surface area (Å²) in [6.45, 7) is 3.62. The molecule has 3 aromatic rings. The van der Waals surface area contributed by atoms with E-state index in [4.69, 9.17) is 11.6 Å². The second-order valence-electron chi connectivity index (χ2n) is 8.06. The van der Waals surface area contributed by atoms with Crippen molar-refractivity contribution >= 4 is 29.1 Å². The summed E-state index contributed by atoms with van der Waals surface area (Å²) < 4.78 is 1.97. The number of nitrogens with one attached hydrogen (secondary N) is 1. The van der Waals surface area contributed by atoms with E-state index in [1.165, 1.54) is 0 Å². The van der Waals surface area contributed by atoms with Crippen LogP contribution in [-0.2, 0) is 13.5 Å². The molecule has 1 saturated heterocycles. The summed E-state index contributed by atoms with van der Waals surface area (Å²) in [6.07, 6.45) is 2.85. The van der Waals surface area contributed by atoms with Gasteiger partial charge in [-0.25, -0.2) is 4.79 Å². The molecule has 1 N–H and O–H groups in total. The minimum atomic E-state index is -0.0336. The zero-order chi connectivity index (χ0) is 22.0. The number of benzene rings is 2. The van der Waals surface area contributed by atoms with Crippen molar-refractivity contribution in [3.63, 3.8) is 0 Å². The van der Waals surface area contributed by atoms with E-state index in [-0.39, 0.29) is 11.8 Å². The van der Waals surface area contributed by atoms with Crippen LogP contribution in [0.3, 0.4) is 0 Å². The Labute approximate surface area is 187 Å². The molecule has 1 fully saturated rings. The Balaban J connectivity index is 1.47. The number of urea groups is 1. The van der Waals surface area contributed by atoms with E-state index in [1.54, 1.807) is 24.3 Å². The fraction of sp³-hybridized carbons (Fsp3) is 0.280. The van der Waals surface area contributed by atoms with Gasteiger partial charge in [0.15, 0.2) is 0 Å². The molecule has 1 aromatic heterocycles. The molecule has 2 aromatic carbocycles. The van der Waals surface area contributed by atoms with Gasteiger partial charge < -0.3 is 14.8 Å². The van der Waals surface area contributed by atoms with E-state index in [0.29, 0.717) is 22.7 Å². The van der Waals surface area contributed by atoms with Crippen molar-refractivity contribution in [1.82, 2.24) is 9.47 Å². The molecule has 6 heteroatoms. The lowest BCUT2D eigenvalue weighted by molar-refractivity contribution is 0.103. The van der Waals surface area contributed by atoms with Gasteiger partial charge in [-0.2, -0.15) is 0 Å². The third-order valence-corrected chi connectivity index (χ3v) is 6.08. The normalized spacial score (nSPS) is 13.5. The van der Waals surface area contributed by atoms with Crippen molar-refractivity contribution < 1.29 is 9.59 Å². The van der Waals surface area contributed by atoms with Crippen LogP contribution in [0, 0.1) is 6.92 Å². The van der Waals surface area contributed by atoms with Gasteiger partial charge in [0.1, 0.15) is 0 Å². The first-order valence-corrected chi connectivity index (χ1v) is 10.9. The molecular weight excluding hydrogens is 410 g/mol. The predicted octanol–water partition coefficient (Wildman–Crippen LogP) is 5.44. The smallest absolute Gasteiger partial charge is 0.321 e. The summed E-state index contributed by atoms with van der Waals surface area (Å²) in [5.74, 6) is -0.0112. The monoisotopic (exact) mass is 435 g/mol. The van der Waals surface area contributed by atoms with E-state index >= 15 is 0 Å². The number of aryl methyl sites for hydroxylation is 1. The molecule has 31 heavy (non-hydrogen) atoms. The summed E-state index contributed by atoms with van der Waals surface area (Å²) in [4.78, 5) is 27.1. The van der Waals surface area contributed by atoms with Gasteiger partial charge >= 0.3 is 6.03 Å². The number of carbonyl (C=O) groups is 2. The Morgan fingerprint density at radius 3 is 2.29 bits per heavy atom. The van der Waals surface area contributed by atoms with Crippen LogP contribution in [0.5, 0.6) is 0 Å². The molecule has 1 aliphatic rings. The minimum absolute atomic E-state index is 0.0112. The lowest BCUT2D eigenvalue weighted by Gasteiger charge is -2.16. The highest BCUT2D eigenvalue weighted by molar-refractivity contribution is 6.30. The van der Waals surface area contributed by atoms with Crippen LogP contribution in [0.1, 0.15) is 45.7 Å². The molecule has 0 bridgehead atoms. The van der Waals surface area contributed by atoms with Crippen molar-refractivity contribution in [2.75, 3.05) is 18.4 Å². The fourth-order valence-corrected chi connectivity index (χ4v) is 4.23. The van der Waals surface area contributed by atoms with Crippen molar-refractivity contribution in [2.45, 2.75) is 26.2 Å². The lowest BCUT2D eigenvalue weighted by Crippen LogP contribution is -2.32. The van der Waals surface area contributed by atoms with E-state index in [2.05, 4.69) is 11.4 Å². The average molecular weight is 436 g/mol. The maximum Gasteiger partial charge on any atom is 0.321 e. The second-order valence-corrected chi connectivity index (χ2v) is 8.50. The average Bonchev–Trinajstić information content (AvgIpc) is 3.38. The number of aromatic nitrogens is 1. The summed E-state index contributed by atoms with van der Waals surface area (Å²) in [7, 11) is 1.93. The van der Waals surface area contributed by atoms with Crippen LogP contribution in [0.15, 0.2) is 54.6 Å². The van der Waals surface area contributed by atoms with Gasteiger partial charge in [0.05, 0.1) is 5.69 Å². The molecule has 0 spiro atoms. The first kappa shape index (κ1) is 21.2. The van der Waals surface area contributed by atoms with Gasteiger partial charge in [0.2, 0.25) is 5.78 Å². The maximum atomic E-state index is 13.0. The standard InChI is InChI=1S/C25H26ClN3O2/c1-17-15-22(28(2)23(17)24(30)19-7-9-20(26)10-8-19)16-18-5-11-21(12-6-18)27-25(31)29-13-3-4-14-29/h5-12,15H,3-4,13-14,16H2,1-2H3,(H,27,31). The Morgan fingerprint density at radius 2 is 1.65 bits per heavy atom. The first-order chi connectivity index (χ1) is 14.9. The van der Waals surface area contributed by atoms with Crippen molar-refractivity contribution in [3.05, 3.63) is 87.7 Å². The molecule has 0 aliphatic carbocycles. The Kier molecular flexibility index (Phi) is 6.14. The summed E-state index contributed by atoms with van der Waals surface area (Å²) in [6, 6.07) is 16.9. The molecule has 5 nitrogen and oxygen atoms in total. The summed E-state index contributed by atoms with van der Waals surface area (Å²) in [5.41, 5.74) is 5.23. The number of anilines is 1. The van der Waals surface area contributed by atoms with Crippen LogP contribution < -0.4 is 5.32 Å². The maximum absolute atomic E-state index is 13.0. The fourth-order valence-electron chi connectivity index (χ4n) is 4.10. The van der Waals surface area contributed by atoms with Gasteiger partial charge in [-0.3, -0.25) is 4.79 Å². The van der Waals surface area contributed by atoms with Crippen molar-refractivity contribution in [3.8, 4) is 0 Å². The van der Waals surface area contributed by atoms with E-state index < -0.39 is 0 Å². The highest BCUT2D eigenvalue weighted by atomic mass is 35.5. The minimum Gasteiger partial charge on any atom is -0.344 e. The van der Waals surface area contributed by atoms with Gasteiger partial charge in [-0.05, 0) is 73.4 Å². The van der Waals surface area contributed by atoms with Gasteiger partial charge in [-0.1, -0.05) is 23.7 Å². The summed E-state index contributed by atoms with van der Waals surface area (Å²) >= 11 is 5.95. The van der Waals surface area contributed by atoms with E-state index in [9.17, 15) is 9.59 Å². The lowest BCUT2D eigenvalue weighted by atomic mass is 10.1. The molecule has 4 rings (SSSR count). The van der Waals surface area contributed by atoms with E-state index in [1.807, 2.05) is 47.7 Å². The van der Waals surface area contributed by atoms with Crippen LogP contribution in [0.2, 0.25) is 5.02 Å². The highest BCUT2D eigenvalue weighted by Gasteiger charge is 2.19. The third-order valence-electron chi connectivity index (χ3n) is 5.83. The Hall–Kier alpha value is -3.05. The number of hydrogen-bond donors (Lipinski definition) is 1. The van der Waals surface area contributed by atoms with Gasteiger partial charge in [0.25, 0.3) is 0 Å². The zero-order valence-corrected chi connectivity index (χ0v) is 18.6. The molecule has 0 saturated carbocycles. The molecule has 1 aliphatic heterocycles. The van der Waals surface area contributed by atoms with Crippen LogP contribution >= 0.6 is 11.6 Å². The molecule has 2 amide bonds. The van der Waals surface area contributed by atoms with Crippen LogP contribution in [0.4, 0.5) is 10.5 Å². The number of ketones is 1. The van der Waals surface area contributed by atoms with Crippen molar-refractivity contribution in [1.29, 1.82) is 0 Å². The topological polar surface area (TPSA) is 54.3 Å². The van der Waals surface area contributed by atoms with Gasteiger partial charge in [-0.15, -0.1) is 0 Å². The van der Waals surface area contributed by atoms with Crippen molar-refractivity contribution in [2.24, 2.45) is 7.05 Å². The molecular formula is C25H26ClN3O2. The SMILES string of the molecule is Cc1cc(Cc2ccc(NC(=O)N3CCCC3)cc2)n(C)c1C(=O)c1ccc(Cl)cc1.